The van der Waals surface area contributed by atoms with E-state index in [0.717, 1.165) is 0 Å². The van der Waals surface area contributed by atoms with E-state index in [2.05, 4.69) is 14.8 Å². The number of carbonyl (C=O) groups is 2. The molecule has 2 heterocycles. The predicted octanol–water partition coefficient (Wildman–Crippen LogP) is 4.54. The summed E-state index contributed by atoms with van der Waals surface area (Å²) >= 11 is 19.2. The van der Waals surface area contributed by atoms with E-state index < -0.39 is 27.9 Å². The van der Waals surface area contributed by atoms with Crippen LogP contribution in [0.3, 0.4) is 0 Å². The number of anilines is 1. The molecule has 2 aliphatic heterocycles. The van der Waals surface area contributed by atoms with Crippen LogP contribution in [0.4, 0.5) is 5.69 Å². The molecule has 9 nitrogen and oxygen atoms in total. The maximum absolute atomic E-state index is 13.2. The van der Waals surface area contributed by atoms with E-state index in [1.54, 1.807) is 22.6 Å². The number of fused-ring (bicyclic) bond motifs is 1. The first kappa shape index (κ1) is 26.2. The minimum Gasteiger partial charge on any atom is -0.480 e. The number of hydrogen-bond acceptors (Lipinski definition) is 7. The summed E-state index contributed by atoms with van der Waals surface area (Å²) in [6, 6.07) is 7.27. The number of nitrogens with zero attached hydrogens (tertiary/aromatic N) is 1. The van der Waals surface area contributed by atoms with Crippen molar-refractivity contribution < 1.29 is 23.1 Å². The van der Waals surface area contributed by atoms with Crippen LogP contribution in [0.2, 0.25) is 15.1 Å². The first-order valence-electron chi connectivity index (χ1n) is 10.2. The standard InChI is InChI=1S/C22H17Cl3N4O5S2/c23-13-4-5-14(21(30)27-18(22(31)32)9-12-3-6-15(24)16(25)8-12)17(10-13)28-36(33,34)20-2-1-7-29-19(20)11-26-35-29/h1-8,10-11,18,26,28H,9H2,(H,27,30)(H,31,32)/t18-/m0/s1. The Hall–Kier alpha value is -2.83. The highest BCUT2D eigenvalue weighted by atomic mass is 35.5. The topological polar surface area (TPSA) is 128 Å². The molecule has 0 bridgehead atoms. The van der Waals surface area contributed by atoms with E-state index in [9.17, 15) is 23.1 Å². The Bertz CT molecular complexity index is 1440. The van der Waals surface area contributed by atoms with Gasteiger partial charge in [0.1, 0.15) is 10.9 Å². The Morgan fingerprint density at radius 1 is 1.11 bits per heavy atom. The molecule has 0 saturated carbocycles. The molecule has 0 aromatic heterocycles. The van der Waals surface area contributed by atoms with Crippen LogP contribution in [-0.4, -0.2) is 35.7 Å². The lowest BCUT2D eigenvalue weighted by atomic mass is 10.1. The highest BCUT2D eigenvalue weighted by Gasteiger charge is 2.31. The Labute approximate surface area is 226 Å². The van der Waals surface area contributed by atoms with Gasteiger partial charge in [-0.3, -0.25) is 13.8 Å². The fourth-order valence-corrected chi connectivity index (χ4v) is 5.87. The number of amides is 1. The lowest BCUT2D eigenvalue weighted by Gasteiger charge is -2.21. The highest BCUT2D eigenvalue weighted by molar-refractivity contribution is 7.97. The number of nitrogens with one attached hydrogen (secondary N) is 3. The van der Waals surface area contributed by atoms with Crippen molar-refractivity contribution in [1.29, 1.82) is 0 Å². The molecule has 0 aliphatic carbocycles. The van der Waals surface area contributed by atoms with Gasteiger partial charge in [0.2, 0.25) is 0 Å². The van der Waals surface area contributed by atoms with Crippen LogP contribution in [0, 0.1) is 0 Å². The van der Waals surface area contributed by atoms with Crippen molar-refractivity contribution in [2.45, 2.75) is 12.5 Å². The van der Waals surface area contributed by atoms with Crippen LogP contribution in [0.15, 0.2) is 71.6 Å². The summed E-state index contributed by atoms with van der Waals surface area (Å²) in [5, 5.41) is 12.8. The summed E-state index contributed by atoms with van der Waals surface area (Å²) in [6.45, 7) is 0. The SMILES string of the molecule is O=C(N[C@@H](Cc1ccc(Cl)c(Cl)c1)C(=O)O)c1ccc(Cl)cc1NS(=O)(=O)C1=CC=CN2SNC=C12. The fourth-order valence-electron chi connectivity index (χ4n) is 3.40. The minimum atomic E-state index is -4.15. The zero-order valence-electron chi connectivity index (χ0n) is 18.0. The molecule has 1 amide bonds. The zero-order chi connectivity index (χ0) is 26.0. The molecule has 0 saturated heterocycles. The molecule has 0 radical (unpaired) electrons. The number of carboxylic acid groups (broad SMARTS) is 1. The molecule has 188 valence electrons. The predicted molar refractivity (Wildman–Crippen MR) is 141 cm³/mol. The Morgan fingerprint density at radius 2 is 1.89 bits per heavy atom. The van der Waals surface area contributed by atoms with Crippen LogP contribution < -0.4 is 14.8 Å². The third-order valence-corrected chi connectivity index (χ3v) is 8.22. The fraction of sp³-hybridized carbons (Fsp3) is 0.0909. The van der Waals surface area contributed by atoms with Gasteiger partial charge in [0.15, 0.2) is 0 Å². The van der Waals surface area contributed by atoms with Gasteiger partial charge in [-0.1, -0.05) is 40.9 Å². The maximum Gasteiger partial charge on any atom is 0.326 e. The van der Waals surface area contributed by atoms with Gasteiger partial charge in [0.05, 0.1) is 39.1 Å². The normalized spacial score (nSPS) is 15.4. The van der Waals surface area contributed by atoms with Gasteiger partial charge in [-0.15, -0.1) is 0 Å². The van der Waals surface area contributed by atoms with Crippen LogP contribution in [0.5, 0.6) is 0 Å². The number of benzene rings is 2. The first-order valence-corrected chi connectivity index (χ1v) is 13.5. The molecular weight excluding hydrogens is 571 g/mol. The van der Waals surface area contributed by atoms with Crippen molar-refractivity contribution in [1.82, 2.24) is 14.3 Å². The largest absolute Gasteiger partial charge is 0.480 e. The molecule has 4 rings (SSSR count). The number of halogens is 3. The third-order valence-electron chi connectivity index (χ3n) is 5.09. The zero-order valence-corrected chi connectivity index (χ0v) is 21.9. The minimum absolute atomic E-state index is 0.0307. The van der Waals surface area contributed by atoms with Gasteiger partial charge in [-0.2, -0.15) is 0 Å². The van der Waals surface area contributed by atoms with E-state index >= 15 is 0 Å². The molecule has 0 unspecified atom stereocenters. The molecule has 0 fully saturated rings. The molecule has 2 aromatic rings. The van der Waals surface area contributed by atoms with Crippen molar-refractivity contribution in [2.75, 3.05) is 4.72 Å². The number of allylic oxidation sites excluding steroid dienone is 2. The number of carboxylic acids is 1. The van der Waals surface area contributed by atoms with Gasteiger partial charge >= 0.3 is 5.97 Å². The second kappa shape index (κ2) is 10.7. The lowest BCUT2D eigenvalue weighted by Crippen LogP contribution is -2.42. The second-order valence-electron chi connectivity index (χ2n) is 7.55. The molecule has 2 aliphatic rings. The van der Waals surface area contributed by atoms with Crippen molar-refractivity contribution in [3.8, 4) is 0 Å². The van der Waals surface area contributed by atoms with Gasteiger partial charge < -0.3 is 15.1 Å². The summed E-state index contributed by atoms with van der Waals surface area (Å²) in [4.78, 5) is 24.9. The smallest absolute Gasteiger partial charge is 0.326 e. The monoisotopic (exact) mass is 586 g/mol. The first-order chi connectivity index (χ1) is 17.0. The molecule has 0 spiro atoms. The summed E-state index contributed by atoms with van der Waals surface area (Å²) in [5.41, 5.74) is 0.711. The summed E-state index contributed by atoms with van der Waals surface area (Å²) in [7, 11) is -4.15. The van der Waals surface area contributed by atoms with Gasteiger partial charge in [-0.25, -0.2) is 13.2 Å². The average Bonchev–Trinajstić information content (AvgIpc) is 3.29. The summed E-state index contributed by atoms with van der Waals surface area (Å²) in [5.74, 6) is -2.10. The van der Waals surface area contributed by atoms with Crippen molar-refractivity contribution >= 4 is 74.5 Å². The van der Waals surface area contributed by atoms with Gasteiger partial charge in [0.25, 0.3) is 15.9 Å². The van der Waals surface area contributed by atoms with Crippen LogP contribution >= 0.6 is 46.9 Å². The second-order valence-corrected chi connectivity index (χ2v) is 11.3. The van der Waals surface area contributed by atoms with E-state index in [0.29, 0.717) is 16.3 Å². The average molecular weight is 588 g/mol. The number of hydrogen-bond donors (Lipinski definition) is 4. The van der Waals surface area contributed by atoms with Crippen LogP contribution in [-0.2, 0) is 21.2 Å². The van der Waals surface area contributed by atoms with Gasteiger partial charge in [0, 0.05) is 23.8 Å². The molecule has 4 N–H and O–H groups in total. The molecule has 1 atom stereocenters. The Balaban J connectivity index is 1.59. The van der Waals surface area contributed by atoms with E-state index in [1.807, 2.05) is 0 Å². The Morgan fingerprint density at radius 3 is 2.61 bits per heavy atom. The van der Waals surface area contributed by atoms with Crippen molar-refractivity contribution in [2.24, 2.45) is 0 Å². The van der Waals surface area contributed by atoms with Crippen LogP contribution in [0.1, 0.15) is 15.9 Å². The van der Waals surface area contributed by atoms with Gasteiger partial charge in [-0.05, 0) is 48.0 Å². The van der Waals surface area contributed by atoms with Crippen molar-refractivity contribution in [3.63, 3.8) is 0 Å². The summed E-state index contributed by atoms with van der Waals surface area (Å²) in [6.07, 6.45) is 6.12. The Kier molecular flexibility index (Phi) is 7.76. The molecule has 14 heteroatoms. The van der Waals surface area contributed by atoms with E-state index in [4.69, 9.17) is 34.8 Å². The van der Waals surface area contributed by atoms with Crippen LogP contribution in [0.25, 0.3) is 0 Å². The highest BCUT2D eigenvalue weighted by Crippen LogP contribution is 2.34. The number of carbonyl (C=O) groups excluding carboxylic acids is 1. The third kappa shape index (κ3) is 5.76. The lowest BCUT2D eigenvalue weighted by molar-refractivity contribution is -0.139. The summed E-state index contributed by atoms with van der Waals surface area (Å²) < 4.78 is 33.3. The number of rotatable bonds is 8. The maximum atomic E-state index is 13.2. The molecular formula is C22H17Cl3N4O5S2. The molecule has 36 heavy (non-hydrogen) atoms. The number of aliphatic carboxylic acids is 1. The van der Waals surface area contributed by atoms with E-state index in [1.165, 1.54) is 54.7 Å². The van der Waals surface area contributed by atoms with Crippen molar-refractivity contribution in [3.05, 3.63) is 97.7 Å². The molecule has 2 aromatic carbocycles. The quantitative estimate of drug-likeness (QED) is 0.332. The number of sulfonamides is 1. The van der Waals surface area contributed by atoms with E-state index in [-0.39, 0.29) is 32.6 Å².